The first kappa shape index (κ1) is 49.6. The molecule has 0 saturated carbocycles. The number of rotatable bonds is 6. The van der Waals surface area contributed by atoms with Gasteiger partial charge >= 0.3 is 84.4 Å². The average molecular weight is 1260 g/mol. The van der Waals surface area contributed by atoms with Crippen molar-refractivity contribution in [3.05, 3.63) is 0 Å². The van der Waals surface area contributed by atoms with Gasteiger partial charge in [-0.25, -0.2) is 67.1 Å². The zero-order valence-corrected chi connectivity index (χ0v) is 48.0. The topological polar surface area (TPSA) is 339 Å². The van der Waals surface area contributed by atoms with Crippen LogP contribution in [0.25, 0.3) is 0 Å². The molecular formula is C48H54N28O15. The smallest absolute Gasteiger partial charge is 0.328 e. The normalized spacial score (nSPS) is 39.0. The van der Waals surface area contributed by atoms with Crippen molar-refractivity contribution in [3.63, 3.8) is 0 Å². The number of nitrogens with zero attached hydrogens (tertiary/aromatic N) is 28. The summed E-state index contributed by atoms with van der Waals surface area (Å²) < 4.78 is 6.80. The molecule has 21 aliphatic rings. The van der Waals surface area contributed by atoms with Crippen LogP contribution in [0.4, 0.5) is 67.1 Å². The van der Waals surface area contributed by atoms with Crippen molar-refractivity contribution >= 4 is 84.4 Å². The molecule has 0 radical (unpaired) electrons. The zero-order valence-electron chi connectivity index (χ0n) is 48.0. The third-order valence-electron chi connectivity index (χ3n) is 23.3. The van der Waals surface area contributed by atoms with Crippen molar-refractivity contribution in [2.45, 2.75) is 125 Å². The van der Waals surface area contributed by atoms with Gasteiger partial charge in [0.25, 0.3) is 0 Å². The molecule has 0 aliphatic carbocycles. The molecule has 0 aromatic heterocycles. The van der Waals surface area contributed by atoms with Crippen LogP contribution < -0.4 is 0 Å². The minimum atomic E-state index is -1.68. The van der Waals surface area contributed by atoms with Gasteiger partial charge in [0.2, 0.25) is 6.35 Å². The van der Waals surface area contributed by atoms with E-state index >= 15 is 67.1 Å². The van der Waals surface area contributed by atoms with Crippen LogP contribution in [0.3, 0.4) is 0 Å². The van der Waals surface area contributed by atoms with Gasteiger partial charge in [-0.2, -0.15) is 0 Å². The summed E-state index contributed by atoms with van der Waals surface area (Å²) in [6.07, 6.45) is -16.8. The Morgan fingerprint density at radius 1 is 0.220 bits per heavy atom. The molecule has 43 nitrogen and oxygen atoms in total. The first-order valence-electron chi connectivity index (χ1n) is 30.7. The second-order valence-corrected chi connectivity index (χ2v) is 26.9. The van der Waals surface area contributed by atoms with Crippen molar-refractivity contribution in [2.24, 2.45) is 0 Å². The Morgan fingerprint density at radius 2 is 0.374 bits per heavy atom. The number of carbonyl (C=O) groups excluding carboxylic acids is 14. The Kier molecular flexibility index (Phi) is 8.34. The Morgan fingerprint density at radius 3 is 0.549 bits per heavy atom. The van der Waals surface area contributed by atoms with Crippen LogP contribution in [0.1, 0.15) is 32.6 Å². The van der Waals surface area contributed by atoms with Crippen LogP contribution in [0.15, 0.2) is 0 Å². The first-order chi connectivity index (χ1) is 44.0. The number of amides is 28. The highest BCUT2D eigenvalue weighted by atomic mass is 16.5. The van der Waals surface area contributed by atoms with E-state index in [1.165, 1.54) is 137 Å². The lowest BCUT2D eigenvalue weighted by Gasteiger charge is -2.45. The number of hydrogen-bond donors (Lipinski definition) is 0. The van der Waals surface area contributed by atoms with Gasteiger partial charge in [-0.3, -0.25) is 137 Å². The minimum absolute atomic E-state index is 0.0229. The molecule has 91 heavy (non-hydrogen) atoms. The monoisotopic (exact) mass is 1260 g/mol. The Hall–Kier alpha value is -10.3. The minimum Gasteiger partial charge on any atom is -0.340 e. The van der Waals surface area contributed by atoms with Gasteiger partial charge in [0, 0.05) is 0 Å². The molecule has 14 atom stereocenters. The summed E-state index contributed by atoms with van der Waals surface area (Å²) in [4.78, 5) is 255. The highest BCUT2D eigenvalue weighted by Crippen LogP contribution is 2.53. The summed E-state index contributed by atoms with van der Waals surface area (Å²) in [5.41, 5.74) is 0. The quantitative estimate of drug-likeness (QED) is 0.226. The molecule has 0 N–H and O–H groups in total. The van der Waals surface area contributed by atoms with E-state index in [-0.39, 0.29) is 6.61 Å². The second kappa shape index (κ2) is 15.3. The van der Waals surface area contributed by atoms with Crippen molar-refractivity contribution in [3.8, 4) is 0 Å². The van der Waals surface area contributed by atoms with E-state index in [9.17, 15) is 0 Å². The molecule has 21 aliphatic heterocycles. The fourth-order valence-electron chi connectivity index (χ4n) is 19.6. The van der Waals surface area contributed by atoms with Crippen LogP contribution in [0.2, 0.25) is 0 Å². The van der Waals surface area contributed by atoms with E-state index < -0.39 is 264 Å². The number of carbonyl (C=O) groups is 14. The maximum absolute atomic E-state index is 16.0. The molecule has 43 heteroatoms. The van der Waals surface area contributed by atoms with E-state index in [0.717, 1.165) is 12.8 Å². The lowest BCUT2D eigenvalue weighted by molar-refractivity contribution is -0.169. The van der Waals surface area contributed by atoms with Crippen molar-refractivity contribution < 1.29 is 71.9 Å². The van der Waals surface area contributed by atoms with Crippen molar-refractivity contribution in [1.29, 1.82) is 0 Å². The molecule has 476 valence electrons. The van der Waals surface area contributed by atoms with E-state index in [4.69, 9.17) is 4.74 Å². The molecule has 21 fully saturated rings. The molecule has 21 saturated heterocycles. The van der Waals surface area contributed by atoms with Crippen LogP contribution in [0.5, 0.6) is 0 Å². The third kappa shape index (κ3) is 5.06. The Labute approximate surface area is 510 Å². The van der Waals surface area contributed by atoms with Crippen molar-refractivity contribution in [1.82, 2.24) is 137 Å². The van der Waals surface area contributed by atoms with Crippen LogP contribution >= 0.6 is 0 Å². The maximum atomic E-state index is 16.0. The van der Waals surface area contributed by atoms with Gasteiger partial charge in [0.15, 0.2) is 86.3 Å². The fourth-order valence-corrected chi connectivity index (χ4v) is 19.6. The standard InChI is InChI=1S/C48H54N28O15/c1-2-3-4-5-6-91-48-75-32-30-69-15-65-28-26-61(40(65)83)11-57-24-22-53(36(57)79)7-49-20-21-50(34(49)77)8-54-23-25-58(37(54)80)12-62-27-29-66(41(62)84)16-70-31-33(74(45(70)88)19-73(32)44(69)87)76(48)47(90)72(31)18-68(29)43(86)64(27)14-60(25)39(82)56(23)10-52(21)35(78)51(20)9-55(22)38(81)59(24)13-63(26)42(85)67(28)17-71(30)46(75)89/h20-33,48H,2-19H2,1H3. The van der Waals surface area contributed by atoms with Gasteiger partial charge in [0.1, 0.15) is 86.7 Å². The molecule has 21 rings (SSSR count). The Balaban J connectivity index is 0.737. The van der Waals surface area contributed by atoms with Gasteiger partial charge < -0.3 is 4.74 Å². The van der Waals surface area contributed by atoms with E-state index in [2.05, 4.69) is 0 Å². The molecule has 0 aromatic rings. The largest absolute Gasteiger partial charge is 0.340 e. The van der Waals surface area contributed by atoms with E-state index in [0.29, 0.717) is 12.8 Å². The number of unbranched alkanes of at least 4 members (excludes halogenated alkanes) is 3. The van der Waals surface area contributed by atoms with Crippen molar-refractivity contribution in [2.75, 3.05) is 93.3 Å². The zero-order chi connectivity index (χ0) is 61.3. The van der Waals surface area contributed by atoms with Gasteiger partial charge in [-0.15, -0.1) is 0 Å². The summed E-state index contributed by atoms with van der Waals surface area (Å²) >= 11 is 0. The SMILES string of the molecule is CCCCCCOC1N2C(=O)N3CN4C(=O)N5CN6C(=O)N7CN8C(=O)N9CN%10C(=O)N%11CN%12C(=O)N%13CN%14C(=O)N1C1C%14N%14CN%15C(=O)N(CN%16C(=O)N(CN%17C(=O)N(CN%18C(=O)N(CN%19C(=O)N(CN%20C(=O)N(CN1C%14=O)C2C%203)C4C%195)C6C%187)C8C%179)C%10C%16%11)C%12C%15%13. The second-order valence-electron chi connectivity index (χ2n) is 26.9. The molecule has 0 spiro atoms. The van der Waals surface area contributed by atoms with E-state index in [1.54, 1.807) is 0 Å². The van der Waals surface area contributed by atoms with E-state index in [1.807, 2.05) is 6.92 Å². The molecule has 14 unspecified atom stereocenters. The summed E-state index contributed by atoms with van der Waals surface area (Å²) in [6.45, 7) is -4.93. The lowest BCUT2D eigenvalue weighted by atomic mass is 10.2. The highest BCUT2D eigenvalue weighted by molar-refractivity contribution is 5.96. The molecule has 0 aromatic carbocycles. The molecular weight excluding hydrogens is 1210 g/mol. The summed E-state index contributed by atoms with van der Waals surface area (Å²) in [6, 6.07) is -10.3. The first-order valence-corrected chi connectivity index (χ1v) is 30.7. The summed E-state index contributed by atoms with van der Waals surface area (Å²) in [5, 5.41) is 0. The van der Waals surface area contributed by atoms with Gasteiger partial charge in [0.05, 0.1) is 6.61 Å². The summed E-state index contributed by atoms with van der Waals surface area (Å²) in [7, 11) is 0. The molecule has 0 bridgehead atoms. The van der Waals surface area contributed by atoms with Crippen LogP contribution in [-0.4, -0.2) is 408 Å². The number of urea groups is 14. The van der Waals surface area contributed by atoms with Crippen LogP contribution in [-0.2, 0) is 4.74 Å². The molecule has 21 heterocycles. The van der Waals surface area contributed by atoms with Gasteiger partial charge in [-0.1, -0.05) is 26.2 Å². The predicted octanol–water partition coefficient (Wildman–Crippen LogP) is -4.69. The maximum Gasteiger partial charge on any atom is 0.328 e. The van der Waals surface area contributed by atoms with Gasteiger partial charge in [-0.05, 0) is 6.42 Å². The molecule has 28 amide bonds. The highest BCUT2D eigenvalue weighted by Gasteiger charge is 2.77. The Bertz CT molecular complexity index is 3500. The average Bonchev–Trinajstić information content (AvgIpc) is 1.52. The number of ether oxygens (including phenoxy) is 1. The fraction of sp³-hybridized carbons (Fsp3) is 0.708. The predicted molar refractivity (Wildman–Crippen MR) is 277 cm³/mol. The van der Waals surface area contributed by atoms with Crippen LogP contribution in [0, 0.1) is 0 Å². The lowest BCUT2D eigenvalue weighted by Crippen LogP contribution is -2.67. The third-order valence-corrected chi connectivity index (χ3v) is 23.3. The number of hydrogen-bond acceptors (Lipinski definition) is 15. The summed E-state index contributed by atoms with van der Waals surface area (Å²) in [5.74, 6) is 0.